The number of thioether (sulfide) groups is 1. The number of aliphatic carboxylic acids is 1. The Hall–Kier alpha value is -2.84. The second kappa shape index (κ2) is 13.1. The fourth-order valence-corrected chi connectivity index (χ4v) is 6.13. The Bertz CT molecular complexity index is 1190. The number of piperidine rings is 1. The number of halogens is 1. The van der Waals surface area contributed by atoms with Gasteiger partial charge in [0, 0.05) is 23.0 Å². The van der Waals surface area contributed by atoms with Crippen molar-refractivity contribution in [2.75, 3.05) is 39.6 Å². The third-order valence-corrected chi connectivity index (χ3v) is 8.35. The van der Waals surface area contributed by atoms with Gasteiger partial charge < -0.3 is 19.5 Å². The highest BCUT2D eigenvalue weighted by atomic mass is 32.2. The minimum Gasteiger partial charge on any atom is -0.497 e. The Kier molecular flexibility index (Phi) is 9.63. The van der Waals surface area contributed by atoms with Crippen molar-refractivity contribution in [3.8, 4) is 11.5 Å². The van der Waals surface area contributed by atoms with Gasteiger partial charge in [-0.1, -0.05) is 12.1 Å². The first kappa shape index (κ1) is 27.2. The number of pyridine rings is 1. The average molecular weight is 527 g/mol. The van der Waals surface area contributed by atoms with Crippen LogP contribution in [-0.4, -0.2) is 60.6 Å². The van der Waals surface area contributed by atoms with Crippen LogP contribution in [0.5, 0.6) is 11.5 Å². The van der Waals surface area contributed by atoms with E-state index in [9.17, 15) is 9.90 Å². The molecule has 1 aliphatic heterocycles. The molecule has 0 spiro atoms. The molecule has 8 heteroatoms. The molecule has 1 aliphatic rings. The predicted octanol–water partition coefficient (Wildman–Crippen LogP) is 6.25. The molecule has 0 amide bonds. The molecule has 3 aromatic rings. The Morgan fingerprint density at radius 3 is 2.84 bits per heavy atom. The lowest BCUT2D eigenvalue weighted by Crippen LogP contribution is -2.44. The van der Waals surface area contributed by atoms with Crippen molar-refractivity contribution in [3.05, 3.63) is 60.3 Å². The number of fused-ring (bicyclic) bond motifs is 1. The van der Waals surface area contributed by atoms with Crippen molar-refractivity contribution in [1.29, 1.82) is 0 Å². The highest BCUT2D eigenvalue weighted by Gasteiger charge is 2.34. The van der Waals surface area contributed by atoms with Crippen molar-refractivity contribution in [2.45, 2.75) is 36.8 Å². The number of aromatic nitrogens is 1. The lowest BCUT2D eigenvalue weighted by atomic mass is 9.81. The van der Waals surface area contributed by atoms with E-state index in [4.69, 9.17) is 9.47 Å². The minimum atomic E-state index is -1.18. The van der Waals surface area contributed by atoms with Crippen molar-refractivity contribution in [3.63, 3.8) is 0 Å². The maximum Gasteiger partial charge on any atom is 0.308 e. The normalized spacial score (nSPS) is 19.0. The third-order valence-electron chi connectivity index (χ3n) is 7.21. The Balaban J connectivity index is 1.29. The van der Waals surface area contributed by atoms with Gasteiger partial charge in [-0.2, -0.15) is 0 Å². The fraction of sp³-hybridized carbons (Fsp3) is 0.448. The number of hydrogen-bond donors (Lipinski definition) is 1. The second-order valence-electron chi connectivity index (χ2n) is 9.48. The van der Waals surface area contributed by atoms with Gasteiger partial charge in [0.15, 0.2) is 0 Å². The predicted molar refractivity (Wildman–Crippen MR) is 145 cm³/mol. The van der Waals surface area contributed by atoms with E-state index in [1.807, 2.05) is 36.4 Å². The molecular formula is C29H35FN2O4S. The number of rotatable bonds is 12. The van der Waals surface area contributed by atoms with Gasteiger partial charge >= 0.3 is 5.97 Å². The molecule has 3 atom stereocenters. The number of carboxylic acids is 1. The van der Waals surface area contributed by atoms with Crippen LogP contribution in [0.25, 0.3) is 10.9 Å². The van der Waals surface area contributed by atoms with Crippen LogP contribution >= 0.6 is 11.8 Å². The summed E-state index contributed by atoms with van der Waals surface area (Å²) >= 11 is 1.76. The standard InChI is InChI=1S/C29H35FN2O4S/c1-35-21-9-11-26-23(18-21)22(12-14-31-26)25(30)10-8-20-13-16-32(19-24(20)29(33)34)15-5-17-37-28-7-4-3-6-27(28)36-2/h3-4,6-7,9,11-12,14,18,20,24-25H,5,8,10,13,15-17,19H2,1-2H3,(H,33,34)/t20-,24+,25-/m1/s1. The Labute approximate surface area is 222 Å². The first-order valence-corrected chi connectivity index (χ1v) is 13.8. The molecule has 0 aliphatic carbocycles. The van der Waals surface area contributed by atoms with E-state index >= 15 is 4.39 Å². The molecule has 2 heterocycles. The van der Waals surface area contributed by atoms with Crippen molar-refractivity contribution in [1.82, 2.24) is 9.88 Å². The van der Waals surface area contributed by atoms with E-state index in [1.54, 1.807) is 38.2 Å². The zero-order valence-electron chi connectivity index (χ0n) is 21.4. The summed E-state index contributed by atoms with van der Waals surface area (Å²) in [5.41, 5.74) is 1.31. The van der Waals surface area contributed by atoms with Gasteiger partial charge in [0.1, 0.15) is 17.7 Å². The molecule has 0 bridgehead atoms. The Morgan fingerprint density at radius 2 is 2.05 bits per heavy atom. The summed E-state index contributed by atoms with van der Waals surface area (Å²) in [6, 6.07) is 15.1. The molecule has 1 fully saturated rings. The quantitative estimate of drug-likeness (QED) is 0.221. The van der Waals surface area contributed by atoms with Gasteiger partial charge in [-0.05, 0) is 92.4 Å². The highest BCUT2D eigenvalue weighted by molar-refractivity contribution is 7.99. The minimum absolute atomic E-state index is 0.0300. The number of methoxy groups -OCH3 is 2. The number of para-hydroxylation sites is 1. The van der Waals surface area contributed by atoms with Gasteiger partial charge in [0.2, 0.25) is 0 Å². The van der Waals surface area contributed by atoms with E-state index in [0.717, 1.165) is 53.2 Å². The van der Waals surface area contributed by atoms with E-state index in [2.05, 4.69) is 16.0 Å². The van der Waals surface area contributed by atoms with Crippen LogP contribution in [0.4, 0.5) is 4.39 Å². The Morgan fingerprint density at radius 1 is 1.22 bits per heavy atom. The summed E-state index contributed by atoms with van der Waals surface area (Å²) in [5, 5.41) is 10.7. The highest BCUT2D eigenvalue weighted by Crippen LogP contribution is 2.36. The summed E-state index contributed by atoms with van der Waals surface area (Å²) in [7, 11) is 3.26. The smallest absolute Gasteiger partial charge is 0.308 e. The van der Waals surface area contributed by atoms with Gasteiger partial charge in [-0.15, -0.1) is 11.8 Å². The van der Waals surface area contributed by atoms with Crippen LogP contribution in [0.3, 0.4) is 0 Å². The number of alkyl halides is 1. The molecule has 6 nitrogen and oxygen atoms in total. The lowest BCUT2D eigenvalue weighted by molar-refractivity contribution is -0.146. The zero-order valence-corrected chi connectivity index (χ0v) is 22.3. The van der Waals surface area contributed by atoms with Crippen LogP contribution in [-0.2, 0) is 4.79 Å². The number of nitrogens with zero attached hydrogens (tertiary/aromatic N) is 2. The first-order valence-electron chi connectivity index (χ1n) is 12.8. The van der Waals surface area contributed by atoms with Crippen molar-refractivity contribution in [2.24, 2.45) is 11.8 Å². The molecular weight excluding hydrogens is 491 g/mol. The summed E-state index contributed by atoms with van der Waals surface area (Å²) in [6.07, 6.45) is 3.02. The maximum absolute atomic E-state index is 15.4. The molecule has 4 rings (SSSR count). The molecule has 0 unspecified atom stereocenters. The second-order valence-corrected chi connectivity index (χ2v) is 10.6. The fourth-order valence-electron chi connectivity index (χ4n) is 5.17. The van der Waals surface area contributed by atoms with Crippen LogP contribution in [0.15, 0.2) is 59.6 Å². The van der Waals surface area contributed by atoms with Crippen molar-refractivity contribution >= 4 is 28.6 Å². The maximum atomic E-state index is 15.4. The SMILES string of the molecule is COc1ccc2nccc([C@H](F)CC[C@@H]3CCN(CCCSc4ccccc4OC)C[C@@H]3C(=O)O)c2c1. The van der Waals surface area contributed by atoms with Gasteiger partial charge in [-0.3, -0.25) is 9.78 Å². The van der Waals surface area contributed by atoms with Crippen LogP contribution in [0.2, 0.25) is 0 Å². The molecule has 2 aromatic carbocycles. The van der Waals surface area contributed by atoms with Gasteiger partial charge in [-0.25, -0.2) is 4.39 Å². The molecule has 0 radical (unpaired) electrons. The number of hydrogen-bond acceptors (Lipinski definition) is 6. The monoisotopic (exact) mass is 526 g/mol. The molecule has 37 heavy (non-hydrogen) atoms. The van der Waals surface area contributed by atoms with E-state index in [-0.39, 0.29) is 5.92 Å². The van der Waals surface area contributed by atoms with E-state index < -0.39 is 18.1 Å². The van der Waals surface area contributed by atoms with Crippen LogP contribution < -0.4 is 9.47 Å². The van der Waals surface area contributed by atoms with Gasteiger partial charge in [0.25, 0.3) is 0 Å². The number of carbonyl (C=O) groups is 1. The third kappa shape index (κ3) is 6.93. The molecule has 1 saturated heterocycles. The number of likely N-dealkylation sites (tertiary alicyclic amines) is 1. The van der Waals surface area contributed by atoms with E-state index in [1.165, 1.54) is 0 Å². The van der Waals surface area contributed by atoms with E-state index in [0.29, 0.717) is 30.7 Å². The first-order chi connectivity index (χ1) is 18.0. The van der Waals surface area contributed by atoms with Crippen LogP contribution in [0.1, 0.15) is 37.4 Å². The largest absolute Gasteiger partial charge is 0.497 e. The number of ether oxygens (including phenoxy) is 2. The summed E-state index contributed by atoms with van der Waals surface area (Å²) < 4.78 is 26.1. The lowest BCUT2D eigenvalue weighted by Gasteiger charge is -2.36. The molecule has 0 saturated carbocycles. The van der Waals surface area contributed by atoms with Crippen molar-refractivity contribution < 1.29 is 23.8 Å². The molecule has 198 valence electrons. The number of carboxylic acid groups (broad SMARTS) is 1. The number of benzene rings is 2. The topological polar surface area (TPSA) is 71.9 Å². The summed E-state index contributed by atoms with van der Waals surface area (Å²) in [4.78, 5) is 19.8. The summed E-state index contributed by atoms with van der Waals surface area (Å²) in [6.45, 7) is 2.22. The molecule has 1 N–H and O–H groups in total. The average Bonchev–Trinajstić information content (AvgIpc) is 2.93. The van der Waals surface area contributed by atoms with Crippen LogP contribution in [0, 0.1) is 11.8 Å². The summed E-state index contributed by atoms with van der Waals surface area (Å²) in [5.74, 6) is 1.19. The van der Waals surface area contributed by atoms with Gasteiger partial charge in [0.05, 0.1) is 25.7 Å². The molecule has 1 aromatic heterocycles. The zero-order chi connectivity index (χ0) is 26.2.